The zero-order valence-electron chi connectivity index (χ0n) is 19.5. The molecule has 2 unspecified atom stereocenters. The number of rotatable bonds is 8. The van der Waals surface area contributed by atoms with Gasteiger partial charge >= 0.3 is 0 Å². The minimum Gasteiger partial charge on any atom is -0.492 e. The van der Waals surface area contributed by atoms with Gasteiger partial charge in [-0.05, 0) is 68.6 Å². The Labute approximate surface area is 205 Å². The zero-order chi connectivity index (χ0) is 23.7. The van der Waals surface area contributed by atoms with E-state index in [2.05, 4.69) is 20.5 Å². The molecule has 2 aliphatic carbocycles. The highest BCUT2D eigenvalue weighted by Gasteiger charge is 2.46. The van der Waals surface area contributed by atoms with Crippen molar-refractivity contribution in [1.82, 2.24) is 15.3 Å². The summed E-state index contributed by atoms with van der Waals surface area (Å²) in [6, 6.07) is 5.73. The van der Waals surface area contributed by atoms with Crippen LogP contribution in [0.3, 0.4) is 0 Å². The van der Waals surface area contributed by atoms with E-state index in [9.17, 15) is 9.90 Å². The van der Waals surface area contributed by atoms with Crippen molar-refractivity contribution in [3.8, 4) is 5.75 Å². The zero-order valence-corrected chi connectivity index (χ0v) is 20.2. The van der Waals surface area contributed by atoms with Gasteiger partial charge in [-0.2, -0.15) is 4.98 Å². The van der Waals surface area contributed by atoms with Gasteiger partial charge in [-0.3, -0.25) is 4.79 Å². The Balaban J connectivity index is 1.33. The molecule has 34 heavy (non-hydrogen) atoms. The number of halogens is 1. The van der Waals surface area contributed by atoms with E-state index in [4.69, 9.17) is 21.3 Å². The Morgan fingerprint density at radius 1 is 1.24 bits per heavy atom. The van der Waals surface area contributed by atoms with Crippen LogP contribution in [0.5, 0.6) is 5.75 Å². The van der Waals surface area contributed by atoms with Crippen LogP contribution in [0.1, 0.15) is 54.9 Å². The summed E-state index contributed by atoms with van der Waals surface area (Å²) in [5, 5.41) is 16.8. The largest absolute Gasteiger partial charge is 0.492 e. The molecule has 9 heteroatoms. The maximum atomic E-state index is 13.1. The van der Waals surface area contributed by atoms with Crippen LogP contribution in [-0.2, 0) is 6.54 Å². The molecule has 0 bridgehead atoms. The fourth-order valence-corrected chi connectivity index (χ4v) is 5.24. The lowest BCUT2D eigenvalue weighted by Crippen LogP contribution is -2.39. The fraction of sp³-hybridized carbons (Fsp3) is 0.560. The quantitative estimate of drug-likeness (QED) is 0.525. The lowest BCUT2D eigenvalue weighted by molar-refractivity contribution is 0.0867. The van der Waals surface area contributed by atoms with Crippen molar-refractivity contribution in [2.24, 2.45) is 11.8 Å². The highest BCUT2D eigenvalue weighted by Crippen LogP contribution is 2.45. The number of nitrogens with zero attached hydrogens (tertiary/aromatic N) is 3. The Hall–Kier alpha value is -2.58. The van der Waals surface area contributed by atoms with Crippen LogP contribution in [0, 0.1) is 11.8 Å². The molecule has 182 valence electrons. The van der Waals surface area contributed by atoms with Gasteiger partial charge in [0.15, 0.2) is 0 Å². The number of anilines is 2. The molecule has 3 N–H and O–H groups in total. The standard InChI is InChI=1S/C25H32ClN5O3/c1-2-34-22-8-3-15(9-21(22)26)11-27-23-20(24(33)29-18-4-6-19(32)7-5-18)12-28-25(30-23)31-13-16-10-17(16)14-31/h3,8-9,12,16-19,32H,2,4-7,10-11,13-14H2,1H3,(H,29,33)(H,27,28,30). The molecule has 5 rings (SSSR count). The summed E-state index contributed by atoms with van der Waals surface area (Å²) in [6.45, 7) is 4.90. The number of amides is 1. The van der Waals surface area contributed by atoms with Crippen molar-refractivity contribution in [1.29, 1.82) is 0 Å². The van der Waals surface area contributed by atoms with Crippen LogP contribution < -0.4 is 20.3 Å². The van der Waals surface area contributed by atoms with E-state index in [1.54, 1.807) is 6.20 Å². The molecule has 0 spiro atoms. The van der Waals surface area contributed by atoms with E-state index >= 15 is 0 Å². The molecule has 1 amide bonds. The number of ether oxygens (including phenoxy) is 1. The highest BCUT2D eigenvalue weighted by molar-refractivity contribution is 6.32. The Morgan fingerprint density at radius 2 is 2.00 bits per heavy atom. The summed E-state index contributed by atoms with van der Waals surface area (Å²) in [7, 11) is 0. The monoisotopic (exact) mass is 485 g/mol. The minimum absolute atomic E-state index is 0.0547. The summed E-state index contributed by atoms with van der Waals surface area (Å²) >= 11 is 6.35. The number of carbonyl (C=O) groups is 1. The molecule has 1 aromatic carbocycles. The summed E-state index contributed by atoms with van der Waals surface area (Å²) in [5.74, 6) is 3.17. The molecule has 3 aliphatic rings. The van der Waals surface area contributed by atoms with Crippen molar-refractivity contribution in [3.05, 3.63) is 40.5 Å². The van der Waals surface area contributed by atoms with Gasteiger partial charge in [-0.15, -0.1) is 0 Å². The predicted molar refractivity (Wildman–Crippen MR) is 132 cm³/mol. The smallest absolute Gasteiger partial charge is 0.256 e. The lowest BCUT2D eigenvalue weighted by Gasteiger charge is -2.26. The molecule has 1 aliphatic heterocycles. The number of nitrogens with one attached hydrogen (secondary N) is 2. The molecule has 2 heterocycles. The van der Waals surface area contributed by atoms with Crippen molar-refractivity contribution in [2.45, 2.75) is 57.7 Å². The third-order valence-electron chi connectivity index (χ3n) is 7.07. The second-order valence-electron chi connectivity index (χ2n) is 9.62. The Morgan fingerprint density at radius 3 is 2.71 bits per heavy atom. The van der Waals surface area contributed by atoms with Crippen molar-refractivity contribution < 1.29 is 14.6 Å². The summed E-state index contributed by atoms with van der Waals surface area (Å²) in [6.07, 6.45) is 5.64. The van der Waals surface area contributed by atoms with Crippen LogP contribution in [0.4, 0.5) is 11.8 Å². The van der Waals surface area contributed by atoms with E-state index < -0.39 is 0 Å². The number of aliphatic hydroxyl groups is 1. The van der Waals surface area contributed by atoms with Crippen LogP contribution in [-0.4, -0.2) is 52.8 Å². The number of aliphatic hydroxyl groups excluding tert-OH is 1. The topological polar surface area (TPSA) is 99.6 Å². The molecular weight excluding hydrogens is 454 g/mol. The third kappa shape index (κ3) is 5.23. The first-order valence-electron chi connectivity index (χ1n) is 12.3. The first-order chi connectivity index (χ1) is 16.5. The fourth-order valence-electron chi connectivity index (χ4n) is 4.98. The average molecular weight is 486 g/mol. The first kappa shape index (κ1) is 23.2. The average Bonchev–Trinajstić information content (AvgIpc) is 3.45. The second kappa shape index (κ2) is 9.96. The van der Waals surface area contributed by atoms with Gasteiger partial charge in [0, 0.05) is 31.9 Å². The van der Waals surface area contributed by atoms with E-state index in [1.165, 1.54) is 6.42 Å². The number of hydrogen-bond acceptors (Lipinski definition) is 7. The molecular formula is C25H32ClN5O3. The molecule has 3 fully saturated rings. The van der Waals surface area contributed by atoms with Crippen LogP contribution in [0.15, 0.2) is 24.4 Å². The summed E-state index contributed by atoms with van der Waals surface area (Å²) in [4.78, 5) is 24.7. The second-order valence-corrected chi connectivity index (χ2v) is 10.0. The van der Waals surface area contributed by atoms with Gasteiger partial charge in [0.2, 0.25) is 5.95 Å². The number of carbonyl (C=O) groups excluding carboxylic acids is 1. The minimum atomic E-state index is -0.263. The molecule has 2 aromatic rings. The van der Waals surface area contributed by atoms with E-state index in [0.29, 0.717) is 54.1 Å². The van der Waals surface area contributed by atoms with E-state index in [-0.39, 0.29) is 18.1 Å². The lowest BCUT2D eigenvalue weighted by atomic mass is 9.93. The van der Waals surface area contributed by atoms with Gasteiger partial charge in [-0.1, -0.05) is 17.7 Å². The van der Waals surface area contributed by atoms with Gasteiger partial charge < -0.3 is 25.4 Å². The van der Waals surface area contributed by atoms with Crippen LogP contribution in [0.2, 0.25) is 5.02 Å². The SMILES string of the molecule is CCOc1ccc(CNc2nc(N3CC4CC4C3)ncc2C(=O)NC2CCC(O)CC2)cc1Cl. The van der Waals surface area contributed by atoms with Crippen molar-refractivity contribution in [2.75, 3.05) is 29.9 Å². The van der Waals surface area contributed by atoms with Gasteiger partial charge in [-0.25, -0.2) is 4.98 Å². The molecule has 2 atom stereocenters. The van der Waals surface area contributed by atoms with E-state index in [1.807, 2.05) is 25.1 Å². The molecule has 1 saturated heterocycles. The molecule has 8 nitrogen and oxygen atoms in total. The predicted octanol–water partition coefficient (Wildman–Crippen LogP) is 3.63. The first-order valence-corrected chi connectivity index (χ1v) is 12.6. The summed E-state index contributed by atoms with van der Waals surface area (Å²) < 4.78 is 5.52. The van der Waals surface area contributed by atoms with Gasteiger partial charge in [0.1, 0.15) is 17.1 Å². The van der Waals surface area contributed by atoms with E-state index in [0.717, 1.165) is 43.3 Å². The maximum Gasteiger partial charge on any atom is 0.256 e. The Bertz CT molecular complexity index is 1030. The van der Waals surface area contributed by atoms with Gasteiger partial charge in [0.25, 0.3) is 5.91 Å². The number of aromatic nitrogens is 2. The van der Waals surface area contributed by atoms with Crippen LogP contribution in [0.25, 0.3) is 0 Å². The normalized spacial score (nSPS) is 25.6. The third-order valence-corrected chi connectivity index (χ3v) is 7.37. The number of benzene rings is 1. The van der Waals surface area contributed by atoms with Crippen LogP contribution >= 0.6 is 11.6 Å². The van der Waals surface area contributed by atoms with Gasteiger partial charge in [0.05, 0.1) is 17.7 Å². The molecule has 0 radical (unpaired) electrons. The number of piperidine rings is 1. The molecule has 2 saturated carbocycles. The highest BCUT2D eigenvalue weighted by atomic mass is 35.5. The Kier molecular flexibility index (Phi) is 6.79. The molecule has 1 aromatic heterocycles. The summed E-state index contributed by atoms with van der Waals surface area (Å²) in [5.41, 5.74) is 1.39. The van der Waals surface area contributed by atoms with Crippen molar-refractivity contribution >= 4 is 29.3 Å². The van der Waals surface area contributed by atoms with Crippen molar-refractivity contribution in [3.63, 3.8) is 0 Å². The number of hydrogen-bond donors (Lipinski definition) is 3. The number of fused-ring (bicyclic) bond motifs is 1. The maximum absolute atomic E-state index is 13.1.